The van der Waals surface area contributed by atoms with Crippen molar-refractivity contribution in [1.82, 2.24) is 15.6 Å². The second-order valence-electron chi connectivity index (χ2n) is 5.81. The van der Waals surface area contributed by atoms with E-state index in [0.717, 1.165) is 29.9 Å². The first-order valence-corrected chi connectivity index (χ1v) is 9.96. The maximum absolute atomic E-state index is 13.9. The van der Waals surface area contributed by atoms with Gasteiger partial charge in [-0.2, -0.15) is 0 Å². The number of nitrogens with zero attached hydrogens (tertiary/aromatic N) is 3. The lowest BCUT2D eigenvalue weighted by Crippen LogP contribution is -2.44. The van der Waals surface area contributed by atoms with Gasteiger partial charge in [0.2, 0.25) is 0 Å². The predicted molar refractivity (Wildman–Crippen MR) is 105 cm³/mol. The van der Waals surface area contributed by atoms with Crippen LogP contribution in [0.5, 0.6) is 0 Å². The summed E-state index contributed by atoms with van der Waals surface area (Å²) in [5.74, 6) is 0.949. The number of nitrogens with one attached hydrogen (secondary N) is 2. The summed E-state index contributed by atoms with van der Waals surface area (Å²) in [7, 11) is 0. The molecular weight excluding hydrogens is 405 g/mol. The van der Waals surface area contributed by atoms with Gasteiger partial charge >= 0.3 is 0 Å². The zero-order valence-electron chi connectivity index (χ0n) is 14.0. The molecule has 134 valence electrons. The Hall–Kier alpha value is -1.67. The first-order chi connectivity index (χ1) is 12.2. The van der Waals surface area contributed by atoms with Crippen LogP contribution in [0.2, 0.25) is 0 Å². The Kier molecular flexibility index (Phi) is 6.25. The fourth-order valence-electron chi connectivity index (χ4n) is 2.79. The van der Waals surface area contributed by atoms with Crippen LogP contribution in [0, 0.1) is 5.82 Å². The summed E-state index contributed by atoms with van der Waals surface area (Å²) in [6.07, 6.45) is 2.55. The fourth-order valence-corrected chi connectivity index (χ4v) is 4.16. The van der Waals surface area contributed by atoms with Crippen molar-refractivity contribution in [1.29, 1.82) is 0 Å². The van der Waals surface area contributed by atoms with Gasteiger partial charge in [-0.05, 0) is 47.5 Å². The summed E-state index contributed by atoms with van der Waals surface area (Å²) in [5, 5.41) is 8.79. The van der Waals surface area contributed by atoms with Crippen molar-refractivity contribution < 1.29 is 4.39 Å². The van der Waals surface area contributed by atoms with Crippen molar-refractivity contribution in [3.8, 4) is 0 Å². The second-order valence-corrected chi connectivity index (χ2v) is 7.72. The average Bonchev–Trinajstić information content (AvgIpc) is 3.22. The van der Waals surface area contributed by atoms with Crippen LogP contribution in [0.25, 0.3) is 0 Å². The number of halogens is 2. The minimum Gasteiger partial charge on any atom is -0.357 e. The number of hydrogen-bond donors (Lipinski definition) is 2. The molecule has 0 saturated carbocycles. The van der Waals surface area contributed by atoms with Gasteiger partial charge in [-0.25, -0.2) is 14.4 Å². The van der Waals surface area contributed by atoms with Crippen molar-refractivity contribution in [2.24, 2.45) is 4.99 Å². The molecule has 3 rings (SSSR count). The monoisotopic (exact) mass is 425 g/mol. The molecule has 1 atom stereocenters. The van der Waals surface area contributed by atoms with Gasteiger partial charge in [-0.1, -0.05) is 0 Å². The number of rotatable bonds is 5. The highest BCUT2D eigenvalue weighted by atomic mass is 79.9. The van der Waals surface area contributed by atoms with E-state index in [1.54, 1.807) is 23.6 Å². The third-order valence-electron chi connectivity index (χ3n) is 3.93. The van der Waals surface area contributed by atoms with Crippen molar-refractivity contribution >= 4 is 39.0 Å². The van der Waals surface area contributed by atoms with E-state index in [1.165, 1.54) is 10.9 Å². The molecule has 1 aliphatic rings. The Labute approximate surface area is 159 Å². The number of aromatic nitrogens is 1. The van der Waals surface area contributed by atoms with Gasteiger partial charge in [-0.3, -0.25) is 0 Å². The van der Waals surface area contributed by atoms with E-state index in [-0.39, 0.29) is 11.9 Å². The third-order valence-corrected chi connectivity index (χ3v) is 5.61. The molecule has 1 fully saturated rings. The maximum atomic E-state index is 13.9. The van der Waals surface area contributed by atoms with Crippen molar-refractivity contribution in [2.45, 2.75) is 25.9 Å². The summed E-state index contributed by atoms with van der Waals surface area (Å²) in [5.41, 5.74) is 0. The first-order valence-electron chi connectivity index (χ1n) is 8.29. The van der Waals surface area contributed by atoms with E-state index < -0.39 is 0 Å². The Morgan fingerprint density at radius 2 is 2.44 bits per heavy atom. The molecule has 5 nitrogen and oxygen atoms in total. The van der Waals surface area contributed by atoms with Crippen LogP contribution in [-0.4, -0.2) is 36.6 Å². The molecule has 2 N–H and O–H groups in total. The molecule has 8 heteroatoms. The Bertz CT molecular complexity index is 735. The van der Waals surface area contributed by atoms with Crippen molar-refractivity contribution in [3.05, 3.63) is 44.9 Å². The quantitative estimate of drug-likeness (QED) is 0.569. The number of anilines is 1. The molecule has 0 radical (unpaired) electrons. The van der Waals surface area contributed by atoms with Crippen LogP contribution >= 0.6 is 27.3 Å². The highest BCUT2D eigenvalue weighted by molar-refractivity contribution is 9.10. The average molecular weight is 426 g/mol. The Morgan fingerprint density at radius 3 is 3.16 bits per heavy atom. The van der Waals surface area contributed by atoms with Crippen LogP contribution in [0.1, 0.15) is 18.2 Å². The molecule has 2 aromatic rings. The Morgan fingerprint density at radius 1 is 1.56 bits per heavy atom. The first kappa shape index (κ1) is 18.1. The van der Waals surface area contributed by atoms with Gasteiger partial charge in [0.1, 0.15) is 0 Å². The van der Waals surface area contributed by atoms with Crippen LogP contribution in [0.3, 0.4) is 0 Å². The van der Waals surface area contributed by atoms with E-state index in [2.05, 4.69) is 48.0 Å². The molecule has 25 heavy (non-hydrogen) atoms. The summed E-state index contributed by atoms with van der Waals surface area (Å²) in [6, 6.07) is 5.37. The van der Waals surface area contributed by atoms with Gasteiger partial charge in [0.25, 0.3) is 0 Å². The molecule has 2 aromatic heterocycles. The zero-order chi connectivity index (χ0) is 17.6. The van der Waals surface area contributed by atoms with Crippen LogP contribution < -0.4 is 15.5 Å². The van der Waals surface area contributed by atoms with E-state index in [0.29, 0.717) is 18.9 Å². The van der Waals surface area contributed by atoms with E-state index >= 15 is 0 Å². The van der Waals surface area contributed by atoms with Crippen LogP contribution in [0.4, 0.5) is 10.2 Å². The minimum absolute atomic E-state index is 0.217. The molecular formula is C17H21BrFN5S. The second kappa shape index (κ2) is 8.62. The number of aliphatic imine (C=N–C) groups is 1. The lowest BCUT2D eigenvalue weighted by molar-refractivity contribution is 0.612. The van der Waals surface area contributed by atoms with Gasteiger partial charge in [-0.15, -0.1) is 11.3 Å². The molecule has 0 aliphatic carbocycles. The van der Waals surface area contributed by atoms with Crippen LogP contribution in [0.15, 0.2) is 39.2 Å². The van der Waals surface area contributed by atoms with E-state index in [1.807, 2.05) is 11.8 Å². The smallest absolute Gasteiger partial charge is 0.191 e. The number of pyridine rings is 1. The van der Waals surface area contributed by atoms with Crippen LogP contribution in [-0.2, 0) is 6.54 Å². The molecule has 0 bridgehead atoms. The highest BCUT2D eigenvalue weighted by Gasteiger charge is 2.25. The maximum Gasteiger partial charge on any atom is 0.191 e. The van der Waals surface area contributed by atoms with Crippen molar-refractivity contribution in [3.63, 3.8) is 0 Å². The molecule has 0 spiro atoms. The lowest BCUT2D eigenvalue weighted by atomic mass is 10.3. The van der Waals surface area contributed by atoms with Gasteiger partial charge in [0.15, 0.2) is 17.6 Å². The standard InChI is InChI=1S/C17H21BrFN5S/c1-2-20-17(22-9-14-8-12(18)11-25-14)23-13-5-7-24(10-13)16-15(19)4-3-6-21-16/h3-4,6,8,11,13H,2,5,7,9-10H2,1H3,(H2,20,22,23). The lowest BCUT2D eigenvalue weighted by Gasteiger charge is -2.19. The molecule has 1 unspecified atom stereocenters. The minimum atomic E-state index is -0.271. The van der Waals surface area contributed by atoms with Gasteiger partial charge < -0.3 is 15.5 Å². The normalized spacial score (nSPS) is 17.8. The van der Waals surface area contributed by atoms with Gasteiger partial charge in [0, 0.05) is 46.6 Å². The topological polar surface area (TPSA) is 52.6 Å². The molecule has 1 saturated heterocycles. The number of guanidine groups is 1. The molecule has 3 heterocycles. The van der Waals surface area contributed by atoms with Crippen molar-refractivity contribution in [2.75, 3.05) is 24.5 Å². The summed E-state index contributed by atoms with van der Waals surface area (Å²) >= 11 is 5.15. The highest BCUT2D eigenvalue weighted by Crippen LogP contribution is 2.21. The Balaban J connectivity index is 1.60. The fraction of sp³-hybridized carbons (Fsp3) is 0.412. The largest absolute Gasteiger partial charge is 0.357 e. The summed E-state index contributed by atoms with van der Waals surface area (Å²) in [4.78, 5) is 12.0. The number of thiophene rings is 1. The van der Waals surface area contributed by atoms with E-state index in [9.17, 15) is 4.39 Å². The predicted octanol–water partition coefficient (Wildman–Crippen LogP) is 3.38. The molecule has 0 amide bonds. The third kappa shape index (κ3) is 4.92. The summed E-state index contributed by atoms with van der Waals surface area (Å²) in [6.45, 7) is 4.97. The number of hydrogen-bond acceptors (Lipinski definition) is 4. The van der Waals surface area contributed by atoms with E-state index in [4.69, 9.17) is 0 Å². The molecule has 0 aromatic carbocycles. The summed E-state index contributed by atoms with van der Waals surface area (Å²) < 4.78 is 15.0. The zero-order valence-corrected chi connectivity index (χ0v) is 16.4. The van der Waals surface area contributed by atoms with Gasteiger partial charge in [0.05, 0.1) is 6.54 Å². The SMILES string of the molecule is CCNC(=NCc1cc(Br)cs1)NC1CCN(c2ncccc2F)C1. The molecule has 1 aliphatic heterocycles.